The van der Waals surface area contributed by atoms with E-state index in [-0.39, 0.29) is 17.6 Å². The summed E-state index contributed by atoms with van der Waals surface area (Å²) in [6.45, 7) is 0. The van der Waals surface area contributed by atoms with Gasteiger partial charge in [-0.25, -0.2) is 15.8 Å². The minimum Gasteiger partial charge on any atom is -0.435 e. The highest BCUT2D eigenvalue weighted by Crippen LogP contribution is 2.47. The Hall–Kier alpha value is -3.34. The van der Waals surface area contributed by atoms with Gasteiger partial charge in [0.05, 0.1) is 5.69 Å². The maximum Gasteiger partial charge on any atom is 0.259 e. The third kappa shape index (κ3) is 5.29. The molecule has 0 saturated heterocycles. The summed E-state index contributed by atoms with van der Waals surface area (Å²) in [5.74, 6) is 4.98. The van der Waals surface area contributed by atoms with E-state index >= 15 is 0 Å². The predicted molar refractivity (Wildman–Crippen MR) is 149 cm³/mol. The van der Waals surface area contributed by atoms with Crippen molar-refractivity contribution in [3.63, 3.8) is 0 Å². The second-order valence-corrected chi connectivity index (χ2v) is 12.4. The van der Waals surface area contributed by atoms with Gasteiger partial charge in [-0.15, -0.1) is 0 Å². The van der Waals surface area contributed by atoms with Crippen LogP contribution in [0.15, 0.2) is 59.9 Å². The van der Waals surface area contributed by atoms with Crippen LogP contribution < -0.4 is 38.1 Å². The zero-order valence-electron chi connectivity index (χ0n) is 21.2. The molecule has 0 spiro atoms. The highest BCUT2D eigenvalue weighted by molar-refractivity contribution is 7.66. The van der Waals surface area contributed by atoms with Gasteiger partial charge < -0.3 is 20.4 Å². The number of fused-ring (bicyclic) bond motifs is 1. The molecule has 1 fully saturated rings. The number of hydrogen-bond donors (Lipinski definition) is 5. The van der Waals surface area contributed by atoms with Crippen molar-refractivity contribution in [1.29, 1.82) is 0 Å². The molecule has 1 aliphatic carbocycles. The molecule has 1 unspecified atom stereocenters. The monoisotopic (exact) mass is 536 g/mol. The van der Waals surface area contributed by atoms with Gasteiger partial charge in [0.15, 0.2) is 11.5 Å². The number of benzene rings is 2. The molecule has 12 heteroatoms. The molecule has 1 aliphatic heterocycles. The average molecular weight is 537 g/mol. The van der Waals surface area contributed by atoms with Crippen molar-refractivity contribution >= 4 is 35.6 Å². The Kier molecular flexibility index (Phi) is 6.97. The SMILES string of the molecule is CN(N)c1ccc(P(=O)(O)CC2CCC(c3ccc(C4=Nc5c(N)ncnc5OC4(N)N)cc3)CC2)cc1. The van der Waals surface area contributed by atoms with Gasteiger partial charge in [0.25, 0.3) is 5.85 Å². The number of ether oxygens (including phenoxy) is 1. The molecule has 0 bridgehead atoms. The number of nitrogens with two attached hydrogens (primary N) is 4. The fraction of sp³-hybridized carbons (Fsp3) is 0.346. The lowest BCUT2D eigenvalue weighted by Crippen LogP contribution is -2.62. The molecule has 0 amide bonds. The summed E-state index contributed by atoms with van der Waals surface area (Å²) in [6.07, 6.45) is 5.25. The molecule has 2 aliphatic rings. The Balaban J connectivity index is 1.23. The number of rotatable bonds is 6. The van der Waals surface area contributed by atoms with Crippen LogP contribution in [-0.4, -0.2) is 39.6 Å². The van der Waals surface area contributed by atoms with E-state index in [1.807, 2.05) is 24.3 Å². The number of aliphatic imine (C=N–C) groups is 1. The Morgan fingerprint density at radius 2 is 1.71 bits per heavy atom. The van der Waals surface area contributed by atoms with Crippen LogP contribution in [0.1, 0.15) is 42.7 Å². The van der Waals surface area contributed by atoms with E-state index in [4.69, 9.17) is 27.8 Å². The number of hydrogen-bond acceptors (Lipinski definition) is 10. The minimum atomic E-state index is -3.44. The summed E-state index contributed by atoms with van der Waals surface area (Å²) in [4.78, 5) is 23.3. The highest BCUT2D eigenvalue weighted by atomic mass is 31.2. The van der Waals surface area contributed by atoms with E-state index in [2.05, 4.69) is 15.0 Å². The lowest BCUT2D eigenvalue weighted by Gasteiger charge is -2.32. The summed E-state index contributed by atoms with van der Waals surface area (Å²) in [5.41, 5.74) is 21.7. The first-order chi connectivity index (χ1) is 18.0. The molecule has 1 saturated carbocycles. The molecule has 1 aromatic heterocycles. The van der Waals surface area contributed by atoms with Crippen molar-refractivity contribution in [3.8, 4) is 5.88 Å². The third-order valence-corrected chi connectivity index (χ3v) is 9.46. The first kappa shape index (κ1) is 26.3. The van der Waals surface area contributed by atoms with Crippen LogP contribution in [0, 0.1) is 5.92 Å². The number of aromatic nitrogens is 2. The smallest absolute Gasteiger partial charge is 0.259 e. The zero-order valence-corrected chi connectivity index (χ0v) is 22.1. The lowest BCUT2D eigenvalue weighted by atomic mass is 9.79. The van der Waals surface area contributed by atoms with Crippen LogP contribution in [0.4, 0.5) is 17.2 Å². The topological polar surface area (TPSA) is 192 Å². The molecule has 1 atom stereocenters. The van der Waals surface area contributed by atoms with Gasteiger partial charge in [-0.2, -0.15) is 4.98 Å². The highest BCUT2D eigenvalue weighted by Gasteiger charge is 2.37. The zero-order chi connectivity index (χ0) is 27.1. The van der Waals surface area contributed by atoms with Crippen molar-refractivity contribution < 1.29 is 14.2 Å². The van der Waals surface area contributed by atoms with Crippen molar-refractivity contribution in [1.82, 2.24) is 9.97 Å². The van der Waals surface area contributed by atoms with Crippen molar-refractivity contribution in [3.05, 3.63) is 66.0 Å². The molecule has 5 rings (SSSR count). The largest absolute Gasteiger partial charge is 0.435 e. The van der Waals surface area contributed by atoms with Gasteiger partial charge in [0.2, 0.25) is 13.2 Å². The van der Waals surface area contributed by atoms with Crippen LogP contribution in [-0.2, 0) is 4.57 Å². The maximum atomic E-state index is 13.1. The molecule has 2 heterocycles. The van der Waals surface area contributed by atoms with E-state index in [9.17, 15) is 9.46 Å². The first-order valence-electron chi connectivity index (χ1n) is 12.5. The summed E-state index contributed by atoms with van der Waals surface area (Å²) in [5, 5.41) is 1.95. The summed E-state index contributed by atoms with van der Waals surface area (Å²) < 4.78 is 18.8. The average Bonchev–Trinajstić information content (AvgIpc) is 2.88. The van der Waals surface area contributed by atoms with Gasteiger partial charge in [-0.05, 0) is 67.3 Å². The van der Waals surface area contributed by atoms with Crippen LogP contribution in [0.3, 0.4) is 0 Å². The molecule has 0 radical (unpaired) electrons. The number of hydrazine groups is 1. The van der Waals surface area contributed by atoms with E-state index in [1.165, 1.54) is 16.9 Å². The number of nitrogens with zero attached hydrogens (tertiary/aromatic N) is 4. The van der Waals surface area contributed by atoms with Gasteiger partial charge in [0, 0.05) is 24.1 Å². The first-order valence-corrected chi connectivity index (χ1v) is 14.4. The van der Waals surface area contributed by atoms with E-state index in [1.54, 1.807) is 31.3 Å². The van der Waals surface area contributed by atoms with Crippen molar-refractivity contribution in [2.45, 2.75) is 37.5 Å². The molecule has 11 nitrogen and oxygen atoms in total. The molecule has 3 aromatic rings. The maximum absolute atomic E-state index is 13.1. The second-order valence-electron chi connectivity index (χ2n) is 10.1. The fourth-order valence-electron chi connectivity index (χ4n) is 5.22. The van der Waals surface area contributed by atoms with Crippen molar-refractivity contribution in [2.75, 3.05) is 24.0 Å². The minimum absolute atomic E-state index is 0.146. The summed E-state index contributed by atoms with van der Waals surface area (Å²) >= 11 is 0. The predicted octanol–water partition coefficient (Wildman–Crippen LogP) is 2.32. The normalized spacial score (nSPS) is 22.0. The Bertz CT molecular complexity index is 1380. The van der Waals surface area contributed by atoms with Crippen LogP contribution >= 0.6 is 7.37 Å². The molecular formula is C26H33N8O3P. The number of nitrogen functional groups attached to an aromatic ring is 1. The second kappa shape index (κ2) is 10.1. The fourth-order valence-corrected chi connectivity index (χ4v) is 7.11. The van der Waals surface area contributed by atoms with Crippen LogP contribution in [0.2, 0.25) is 0 Å². The van der Waals surface area contributed by atoms with E-state index in [0.717, 1.165) is 36.9 Å². The molecule has 38 heavy (non-hydrogen) atoms. The van der Waals surface area contributed by atoms with Crippen molar-refractivity contribution in [2.24, 2.45) is 28.2 Å². The van der Waals surface area contributed by atoms with Gasteiger partial charge in [-0.1, -0.05) is 24.3 Å². The molecule has 9 N–H and O–H groups in total. The van der Waals surface area contributed by atoms with E-state index in [0.29, 0.717) is 28.8 Å². The quantitative estimate of drug-likeness (QED) is 0.135. The van der Waals surface area contributed by atoms with Crippen LogP contribution in [0.5, 0.6) is 5.88 Å². The summed E-state index contributed by atoms with van der Waals surface area (Å²) in [6, 6.07) is 14.9. The van der Waals surface area contributed by atoms with Gasteiger partial charge >= 0.3 is 0 Å². The van der Waals surface area contributed by atoms with Gasteiger partial charge in [-0.3, -0.25) is 16.0 Å². The van der Waals surface area contributed by atoms with E-state index < -0.39 is 13.2 Å². The summed E-state index contributed by atoms with van der Waals surface area (Å²) in [7, 11) is -1.71. The Morgan fingerprint density at radius 1 is 1.05 bits per heavy atom. The molecule has 200 valence electrons. The van der Waals surface area contributed by atoms with Gasteiger partial charge in [0.1, 0.15) is 12.0 Å². The lowest BCUT2D eigenvalue weighted by molar-refractivity contribution is 0.146. The molecule has 2 aromatic carbocycles. The Labute approximate surface area is 221 Å². The third-order valence-electron chi connectivity index (χ3n) is 7.34. The standard InChI is InChI=1S/C26H33N8O3P/c1-34(30)20-10-12-21(13-11-20)38(35,36)14-16-2-4-17(5-3-16)18-6-8-19(9-7-18)23-26(28,29)37-25-22(33-23)24(27)31-15-32-25/h6-13,15-17H,2-5,14,28-30H2,1H3,(H,35,36)(H2,27,31,32). The number of anilines is 2. The molecular weight excluding hydrogens is 503 g/mol. The van der Waals surface area contributed by atoms with Crippen LogP contribution in [0.25, 0.3) is 0 Å². The Morgan fingerprint density at radius 3 is 2.34 bits per heavy atom.